The summed E-state index contributed by atoms with van der Waals surface area (Å²) in [5, 5.41) is -0.281. The van der Waals surface area contributed by atoms with Crippen LogP contribution in [0.5, 0.6) is 0 Å². The lowest BCUT2D eigenvalue weighted by molar-refractivity contribution is -0.137. The molecule has 0 aliphatic carbocycles. The average molecular weight is 658 g/mol. The first-order valence-electron chi connectivity index (χ1n) is 14.3. The Bertz CT molecular complexity index is 1710. The predicted octanol–water partition coefficient (Wildman–Crippen LogP) is 8.65. The molecular formula is C34H29Cl2F3N2O4. The van der Waals surface area contributed by atoms with E-state index in [2.05, 4.69) is 4.98 Å². The van der Waals surface area contributed by atoms with Gasteiger partial charge >= 0.3 is 6.18 Å². The summed E-state index contributed by atoms with van der Waals surface area (Å²) in [7, 11) is 0. The fraction of sp³-hybridized carbons (Fsp3) is 0.265. The number of aromatic nitrogens is 2. The number of ether oxygens (including phenoxy) is 4. The van der Waals surface area contributed by atoms with Crippen molar-refractivity contribution in [2.45, 2.75) is 50.5 Å². The molecule has 1 aliphatic heterocycles. The van der Waals surface area contributed by atoms with Gasteiger partial charge in [0.25, 0.3) is 0 Å². The van der Waals surface area contributed by atoms with Gasteiger partial charge in [0.1, 0.15) is 23.8 Å². The quantitative estimate of drug-likeness (QED) is 0.142. The Labute approximate surface area is 268 Å². The lowest BCUT2D eigenvalue weighted by Crippen LogP contribution is -2.38. The molecule has 45 heavy (non-hydrogen) atoms. The Kier molecular flexibility index (Phi) is 9.75. The molecule has 0 saturated carbocycles. The molecule has 0 N–H and O–H groups in total. The van der Waals surface area contributed by atoms with Crippen LogP contribution in [-0.4, -0.2) is 34.5 Å². The predicted molar refractivity (Wildman–Crippen MR) is 165 cm³/mol. The van der Waals surface area contributed by atoms with Gasteiger partial charge < -0.3 is 18.9 Å². The molecule has 234 valence electrons. The first-order chi connectivity index (χ1) is 21.8. The summed E-state index contributed by atoms with van der Waals surface area (Å²) >= 11 is 12.9. The zero-order chi connectivity index (χ0) is 31.4. The van der Waals surface area contributed by atoms with Crippen LogP contribution in [0.25, 0.3) is 11.0 Å². The van der Waals surface area contributed by atoms with E-state index in [0.29, 0.717) is 6.61 Å². The number of imidazole rings is 1. The van der Waals surface area contributed by atoms with Crippen LogP contribution >= 0.6 is 23.2 Å². The smallest absolute Gasteiger partial charge is 0.374 e. The molecule has 0 spiro atoms. The van der Waals surface area contributed by atoms with Gasteiger partial charge in [0.05, 0.1) is 42.5 Å². The summed E-state index contributed by atoms with van der Waals surface area (Å²) in [5.74, 6) is 0. The number of hydrogen-bond acceptors (Lipinski definition) is 5. The summed E-state index contributed by atoms with van der Waals surface area (Å²) in [4.78, 5) is 4.30. The van der Waals surface area contributed by atoms with E-state index in [0.717, 1.165) is 28.8 Å². The number of alkyl halides is 3. The number of fused-ring (bicyclic) bond motifs is 1. The standard InChI is InChI=1S/C34H29Cl2F3N2O4/c35-26-16-25(34(37,38)39)17-27-29(26)40-33(36)41(27)32-31(44-20-24-14-8-3-9-15-24)30(43-19-23-12-6-2-7-13-23)28(45-32)21-42-18-22-10-4-1-5-11-22/h1-17,28,30-32H,18-21H2/t28-,30-,31-,32?/m1/s1. The molecule has 11 heteroatoms. The zero-order valence-electron chi connectivity index (χ0n) is 23.9. The van der Waals surface area contributed by atoms with Crippen LogP contribution in [0.2, 0.25) is 10.3 Å². The van der Waals surface area contributed by atoms with Gasteiger partial charge in [-0.15, -0.1) is 0 Å². The molecule has 0 radical (unpaired) electrons. The first kappa shape index (κ1) is 31.5. The SMILES string of the molecule is FC(F)(F)c1cc(Cl)c2nc(Cl)n(C3O[C@H](COCc4ccccc4)[C@@H](OCc4ccccc4)[C@H]3OCc3ccccc3)c2c1. The molecule has 6 rings (SSSR count). The summed E-state index contributed by atoms with van der Waals surface area (Å²) in [6.45, 7) is 0.873. The highest BCUT2D eigenvalue weighted by Gasteiger charge is 2.49. The Morgan fingerprint density at radius 1 is 0.733 bits per heavy atom. The van der Waals surface area contributed by atoms with E-state index in [4.69, 9.17) is 42.1 Å². The molecular weight excluding hydrogens is 628 g/mol. The van der Waals surface area contributed by atoms with Crippen LogP contribution in [0, 0.1) is 0 Å². The van der Waals surface area contributed by atoms with Crippen molar-refractivity contribution in [1.82, 2.24) is 9.55 Å². The Morgan fingerprint density at radius 2 is 1.27 bits per heavy atom. The maximum absolute atomic E-state index is 13.8. The Morgan fingerprint density at radius 3 is 1.82 bits per heavy atom. The molecule has 0 bridgehead atoms. The molecule has 1 aliphatic rings. The van der Waals surface area contributed by atoms with Gasteiger partial charge in [-0.3, -0.25) is 4.57 Å². The van der Waals surface area contributed by atoms with Gasteiger partial charge in [0, 0.05) is 0 Å². The maximum Gasteiger partial charge on any atom is 0.416 e. The van der Waals surface area contributed by atoms with Crippen molar-refractivity contribution < 1.29 is 32.1 Å². The Balaban J connectivity index is 1.37. The second-order valence-corrected chi connectivity index (χ2v) is 11.4. The lowest BCUT2D eigenvalue weighted by Gasteiger charge is -2.26. The summed E-state index contributed by atoms with van der Waals surface area (Å²) in [6, 6.07) is 30.6. The minimum Gasteiger partial charge on any atom is -0.374 e. The van der Waals surface area contributed by atoms with Gasteiger partial charge in [-0.25, -0.2) is 4.98 Å². The Hall–Kier alpha value is -3.44. The number of hydrogen-bond donors (Lipinski definition) is 0. The summed E-state index contributed by atoms with van der Waals surface area (Å²) in [6.07, 6.45) is -7.84. The molecule has 1 fully saturated rings. The second kappa shape index (κ2) is 13.9. The van der Waals surface area contributed by atoms with Gasteiger partial charge in [-0.05, 0) is 40.4 Å². The van der Waals surface area contributed by atoms with Crippen molar-refractivity contribution in [3.8, 4) is 0 Å². The van der Waals surface area contributed by atoms with Crippen LogP contribution in [0.15, 0.2) is 103 Å². The van der Waals surface area contributed by atoms with E-state index in [9.17, 15) is 13.2 Å². The van der Waals surface area contributed by atoms with Crippen LogP contribution in [0.1, 0.15) is 28.5 Å². The van der Waals surface area contributed by atoms with Gasteiger partial charge in [-0.2, -0.15) is 13.2 Å². The molecule has 4 atom stereocenters. The molecule has 6 nitrogen and oxygen atoms in total. The molecule has 1 aromatic heterocycles. The number of rotatable bonds is 11. The minimum absolute atomic E-state index is 0.0609. The van der Waals surface area contributed by atoms with Crippen LogP contribution in [0.4, 0.5) is 13.2 Å². The van der Waals surface area contributed by atoms with Crippen LogP contribution < -0.4 is 0 Å². The highest BCUT2D eigenvalue weighted by Crippen LogP contribution is 2.42. The summed E-state index contributed by atoms with van der Waals surface area (Å²) in [5.41, 5.74) is 2.04. The molecule has 2 heterocycles. The molecule has 5 aromatic rings. The number of nitrogens with zero attached hydrogens (tertiary/aromatic N) is 2. The van der Waals surface area contributed by atoms with Crippen LogP contribution in [-0.2, 0) is 44.9 Å². The fourth-order valence-corrected chi connectivity index (χ4v) is 5.89. The third kappa shape index (κ3) is 7.35. The zero-order valence-corrected chi connectivity index (χ0v) is 25.4. The largest absolute Gasteiger partial charge is 0.416 e. The van der Waals surface area contributed by atoms with Crippen LogP contribution in [0.3, 0.4) is 0 Å². The van der Waals surface area contributed by atoms with Gasteiger partial charge in [-0.1, -0.05) is 103 Å². The highest BCUT2D eigenvalue weighted by atomic mass is 35.5. The van der Waals surface area contributed by atoms with Crippen molar-refractivity contribution in [3.63, 3.8) is 0 Å². The fourth-order valence-electron chi connectivity index (χ4n) is 5.36. The number of halogens is 5. The first-order valence-corrected chi connectivity index (χ1v) is 15.1. The lowest BCUT2D eigenvalue weighted by atomic mass is 10.1. The van der Waals surface area contributed by atoms with E-state index in [1.807, 2.05) is 91.0 Å². The van der Waals surface area contributed by atoms with Crippen molar-refractivity contribution in [2.75, 3.05) is 6.61 Å². The topological polar surface area (TPSA) is 54.7 Å². The monoisotopic (exact) mass is 656 g/mol. The van der Waals surface area contributed by atoms with Gasteiger partial charge in [0.2, 0.25) is 5.28 Å². The molecule has 1 unspecified atom stereocenters. The average Bonchev–Trinajstić information content (AvgIpc) is 3.56. The van der Waals surface area contributed by atoms with E-state index in [1.54, 1.807) is 0 Å². The summed E-state index contributed by atoms with van der Waals surface area (Å²) < 4.78 is 68.5. The number of benzene rings is 4. The molecule has 1 saturated heterocycles. The van der Waals surface area contributed by atoms with E-state index in [1.165, 1.54) is 4.57 Å². The normalized spacial score (nSPS) is 20.2. The second-order valence-electron chi connectivity index (χ2n) is 10.7. The molecule has 4 aromatic carbocycles. The van der Waals surface area contributed by atoms with Crippen molar-refractivity contribution >= 4 is 34.2 Å². The van der Waals surface area contributed by atoms with E-state index >= 15 is 0 Å². The van der Waals surface area contributed by atoms with Crippen molar-refractivity contribution in [2.24, 2.45) is 0 Å². The van der Waals surface area contributed by atoms with E-state index < -0.39 is 36.3 Å². The van der Waals surface area contributed by atoms with Gasteiger partial charge in [0.15, 0.2) is 6.23 Å². The minimum atomic E-state index is -4.64. The highest BCUT2D eigenvalue weighted by molar-refractivity contribution is 6.36. The van der Waals surface area contributed by atoms with Crippen molar-refractivity contribution in [3.05, 3.63) is 136 Å². The maximum atomic E-state index is 13.8. The third-order valence-electron chi connectivity index (χ3n) is 7.54. The molecule has 0 amide bonds. The van der Waals surface area contributed by atoms with Crippen molar-refractivity contribution in [1.29, 1.82) is 0 Å². The third-order valence-corrected chi connectivity index (χ3v) is 8.09. The van der Waals surface area contributed by atoms with E-state index in [-0.39, 0.29) is 41.2 Å².